The fourth-order valence-electron chi connectivity index (χ4n) is 3.17. The van der Waals surface area contributed by atoms with Gasteiger partial charge in [-0.05, 0) is 55.8 Å². The Morgan fingerprint density at radius 2 is 1.87 bits per heavy atom. The number of benzene rings is 2. The predicted octanol–water partition coefficient (Wildman–Crippen LogP) is 4.53. The summed E-state index contributed by atoms with van der Waals surface area (Å²) in [4.78, 5) is 17.0. The number of aryl methyl sites for hydroxylation is 1. The summed E-state index contributed by atoms with van der Waals surface area (Å²) < 4.78 is 20.2. The van der Waals surface area contributed by atoms with Gasteiger partial charge in [-0.15, -0.1) is 0 Å². The van der Waals surface area contributed by atoms with Gasteiger partial charge in [0.05, 0.1) is 6.04 Å². The molecule has 6 nitrogen and oxygen atoms in total. The maximum atomic E-state index is 13.1. The molecule has 0 unspecified atom stereocenters. The minimum atomic E-state index is -0.331. The van der Waals surface area contributed by atoms with Crippen molar-refractivity contribution in [2.45, 2.75) is 26.4 Å². The average molecular weight is 404 g/mol. The summed E-state index contributed by atoms with van der Waals surface area (Å²) in [5, 5.41) is 6.97. The Morgan fingerprint density at radius 1 is 1.13 bits per heavy atom. The van der Waals surface area contributed by atoms with Crippen LogP contribution < -0.4 is 5.32 Å². The summed E-state index contributed by atoms with van der Waals surface area (Å²) in [6.07, 6.45) is 1.78. The Balaban J connectivity index is 1.46. The lowest BCUT2D eigenvalue weighted by molar-refractivity contribution is -0.122. The summed E-state index contributed by atoms with van der Waals surface area (Å²) in [5.41, 5.74) is 3.50. The maximum Gasteiger partial charge on any atom is 0.274 e. The Bertz CT molecular complexity index is 1150. The molecule has 152 valence electrons. The van der Waals surface area contributed by atoms with Crippen LogP contribution in [0.4, 0.5) is 4.39 Å². The number of hydrogen-bond donors (Lipinski definition) is 1. The molecule has 0 spiro atoms. The van der Waals surface area contributed by atoms with E-state index in [-0.39, 0.29) is 24.3 Å². The van der Waals surface area contributed by atoms with E-state index >= 15 is 0 Å². The van der Waals surface area contributed by atoms with Crippen molar-refractivity contribution in [2.75, 3.05) is 0 Å². The molecule has 0 aliphatic rings. The molecule has 4 rings (SSSR count). The summed E-state index contributed by atoms with van der Waals surface area (Å²) in [7, 11) is 0. The van der Waals surface area contributed by atoms with Gasteiger partial charge in [0.1, 0.15) is 18.1 Å². The quantitative estimate of drug-likeness (QED) is 0.512. The van der Waals surface area contributed by atoms with E-state index in [1.54, 1.807) is 29.0 Å². The molecule has 0 saturated carbocycles. The topological polar surface area (TPSA) is 73.0 Å². The third-order valence-corrected chi connectivity index (χ3v) is 4.85. The van der Waals surface area contributed by atoms with Gasteiger partial charge in [0, 0.05) is 11.8 Å². The SMILES string of the molecule is Cc1ccc([C@H](C)NC(=O)Cn2cccc2-c2nc(-c3ccc(F)cc3)no2)cc1. The molecule has 2 aromatic carbocycles. The zero-order valence-electron chi connectivity index (χ0n) is 16.7. The molecule has 0 saturated heterocycles. The molecular weight excluding hydrogens is 383 g/mol. The third kappa shape index (κ3) is 4.30. The van der Waals surface area contributed by atoms with E-state index < -0.39 is 0 Å². The molecule has 4 aromatic rings. The van der Waals surface area contributed by atoms with Crippen LogP contribution in [0.25, 0.3) is 23.0 Å². The van der Waals surface area contributed by atoms with Crippen molar-refractivity contribution in [3.05, 3.63) is 83.8 Å². The molecule has 0 aliphatic carbocycles. The predicted molar refractivity (Wildman–Crippen MR) is 111 cm³/mol. The average Bonchev–Trinajstić information content (AvgIpc) is 3.38. The highest BCUT2D eigenvalue weighted by Gasteiger charge is 2.16. The van der Waals surface area contributed by atoms with Crippen molar-refractivity contribution in [3.63, 3.8) is 0 Å². The van der Waals surface area contributed by atoms with Crippen LogP contribution in [0.5, 0.6) is 0 Å². The third-order valence-electron chi connectivity index (χ3n) is 4.85. The van der Waals surface area contributed by atoms with Gasteiger partial charge < -0.3 is 14.4 Å². The molecular formula is C23H21FN4O2. The van der Waals surface area contributed by atoms with Crippen LogP contribution in [0, 0.1) is 12.7 Å². The van der Waals surface area contributed by atoms with Gasteiger partial charge >= 0.3 is 0 Å². The van der Waals surface area contributed by atoms with Gasteiger partial charge in [-0.2, -0.15) is 4.98 Å². The second-order valence-electron chi connectivity index (χ2n) is 7.15. The first-order valence-electron chi connectivity index (χ1n) is 9.60. The number of nitrogens with one attached hydrogen (secondary N) is 1. The molecule has 30 heavy (non-hydrogen) atoms. The molecule has 0 aliphatic heterocycles. The molecule has 1 N–H and O–H groups in total. The lowest BCUT2D eigenvalue weighted by atomic mass is 10.1. The number of amides is 1. The van der Waals surface area contributed by atoms with Crippen molar-refractivity contribution < 1.29 is 13.7 Å². The molecule has 7 heteroatoms. The molecule has 0 bridgehead atoms. The highest BCUT2D eigenvalue weighted by atomic mass is 19.1. The highest BCUT2D eigenvalue weighted by Crippen LogP contribution is 2.23. The van der Waals surface area contributed by atoms with E-state index in [4.69, 9.17) is 4.52 Å². The number of halogens is 1. The van der Waals surface area contributed by atoms with Crippen molar-refractivity contribution in [1.82, 2.24) is 20.0 Å². The van der Waals surface area contributed by atoms with Gasteiger partial charge in [0.2, 0.25) is 11.7 Å². The standard InChI is InChI=1S/C23H21FN4O2/c1-15-5-7-17(8-6-15)16(2)25-21(29)14-28-13-3-4-20(28)23-26-22(27-30-23)18-9-11-19(24)12-10-18/h3-13,16H,14H2,1-2H3,(H,25,29)/t16-/m0/s1. The lowest BCUT2D eigenvalue weighted by Gasteiger charge is -2.15. The van der Waals surface area contributed by atoms with Crippen molar-refractivity contribution >= 4 is 5.91 Å². The van der Waals surface area contributed by atoms with Gasteiger partial charge in [-0.25, -0.2) is 4.39 Å². The maximum absolute atomic E-state index is 13.1. The normalized spacial score (nSPS) is 12.0. The number of nitrogens with zero attached hydrogens (tertiary/aromatic N) is 3. The zero-order valence-corrected chi connectivity index (χ0v) is 16.7. The number of aromatic nitrogens is 3. The number of hydrogen-bond acceptors (Lipinski definition) is 4. The smallest absolute Gasteiger partial charge is 0.274 e. The van der Waals surface area contributed by atoms with Crippen molar-refractivity contribution in [2.24, 2.45) is 0 Å². The number of carbonyl (C=O) groups is 1. The fraction of sp³-hybridized carbons (Fsp3) is 0.174. The minimum absolute atomic E-state index is 0.106. The van der Waals surface area contributed by atoms with Crippen molar-refractivity contribution in [3.8, 4) is 23.0 Å². The fourth-order valence-corrected chi connectivity index (χ4v) is 3.17. The van der Waals surface area contributed by atoms with Gasteiger partial charge in [0.15, 0.2) is 0 Å². The Labute approximate surface area is 173 Å². The van der Waals surface area contributed by atoms with Crippen LogP contribution in [-0.2, 0) is 11.3 Å². The Hall–Kier alpha value is -3.74. The summed E-state index contributed by atoms with van der Waals surface area (Å²) in [6.45, 7) is 4.10. The Morgan fingerprint density at radius 3 is 2.60 bits per heavy atom. The van der Waals surface area contributed by atoms with Crippen LogP contribution >= 0.6 is 0 Å². The first kappa shape index (κ1) is 19.6. The van der Waals surface area contributed by atoms with Crippen molar-refractivity contribution in [1.29, 1.82) is 0 Å². The van der Waals surface area contributed by atoms with E-state index in [0.717, 1.165) is 5.56 Å². The highest BCUT2D eigenvalue weighted by molar-refractivity contribution is 5.77. The van der Waals surface area contributed by atoms with Crippen LogP contribution in [-0.4, -0.2) is 20.6 Å². The van der Waals surface area contributed by atoms with E-state index in [0.29, 0.717) is 23.0 Å². The van der Waals surface area contributed by atoms with E-state index in [9.17, 15) is 9.18 Å². The molecule has 2 heterocycles. The first-order chi connectivity index (χ1) is 14.5. The Kier molecular flexibility index (Phi) is 5.43. The van der Waals surface area contributed by atoms with Crippen LogP contribution in [0.3, 0.4) is 0 Å². The van der Waals surface area contributed by atoms with Gasteiger partial charge in [-0.1, -0.05) is 35.0 Å². The minimum Gasteiger partial charge on any atom is -0.348 e. The lowest BCUT2D eigenvalue weighted by Crippen LogP contribution is -2.30. The summed E-state index contributed by atoms with van der Waals surface area (Å²) in [6, 6.07) is 17.4. The van der Waals surface area contributed by atoms with Crippen LogP contribution in [0.1, 0.15) is 24.1 Å². The second-order valence-corrected chi connectivity index (χ2v) is 7.15. The molecule has 0 radical (unpaired) electrons. The summed E-state index contributed by atoms with van der Waals surface area (Å²) >= 11 is 0. The number of rotatable bonds is 6. The van der Waals surface area contributed by atoms with E-state index in [1.807, 2.05) is 44.2 Å². The first-order valence-corrected chi connectivity index (χ1v) is 9.60. The van der Waals surface area contributed by atoms with E-state index in [1.165, 1.54) is 17.7 Å². The molecule has 2 aromatic heterocycles. The van der Waals surface area contributed by atoms with E-state index in [2.05, 4.69) is 15.5 Å². The molecule has 0 fully saturated rings. The van der Waals surface area contributed by atoms with Crippen LogP contribution in [0.15, 0.2) is 71.4 Å². The number of carbonyl (C=O) groups excluding carboxylic acids is 1. The monoisotopic (exact) mass is 404 g/mol. The second kappa shape index (κ2) is 8.32. The summed E-state index contributed by atoms with van der Waals surface area (Å²) in [5.74, 6) is 0.190. The largest absolute Gasteiger partial charge is 0.348 e. The van der Waals surface area contributed by atoms with Gasteiger partial charge in [-0.3, -0.25) is 4.79 Å². The van der Waals surface area contributed by atoms with Crippen LogP contribution in [0.2, 0.25) is 0 Å². The molecule has 1 atom stereocenters. The molecule has 1 amide bonds. The van der Waals surface area contributed by atoms with Gasteiger partial charge in [0.25, 0.3) is 5.89 Å². The zero-order chi connectivity index (χ0) is 21.1.